The van der Waals surface area contributed by atoms with Gasteiger partial charge in [0.15, 0.2) is 6.20 Å². The van der Waals surface area contributed by atoms with Crippen molar-refractivity contribution in [3.05, 3.63) is 77.5 Å². The van der Waals surface area contributed by atoms with Crippen molar-refractivity contribution in [1.29, 1.82) is 0 Å². The molecule has 1 aromatic heterocycles. The van der Waals surface area contributed by atoms with Crippen molar-refractivity contribution < 1.29 is 12.8 Å². The number of aromatic nitrogens is 1. The number of aryl methyl sites for hydroxylation is 3. The summed E-state index contributed by atoms with van der Waals surface area (Å²) < 4.78 is 49.6. The molecule has 3 rings (SSSR count). The first-order chi connectivity index (χ1) is 13.0. The van der Waals surface area contributed by atoms with E-state index < -0.39 is 13.7 Å². The summed E-state index contributed by atoms with van der Waals surface area (Å²) in [6.07, 6.45) is 1.92. The van der Waals surface area contributed by atoms with E-state index in [0.717, 1.165) is 16.8 Å². The lowest BCUT2D eigenvalue weighted by Crippen LogP contribution is -2.30. The van der Waals surface area contributed by atoms with E-state index in [-0.39, 0.29) is 11.1 Å². The van der Waals surface area contributed by atoms with Gasteiger partial charge in [0, 0.05) is 25.9 Å². The highest BCUT2D eigenvalue weighted by molar-refractivity contribution is 5.80. The second kappa shape index (κ2) is 5.76. The molecule has 0 saturated carbocycles. The van der Waals surface area contributed by atoms with E-state index in [4.69, 9.17) is 8.22 Å². The van der Waals surface area contributed by atoms with Crippen LogP contribution in [0, 0.1) is 20.6 Å². The smallest absolute Gasteiger partial charge is 0.201 e. The molecular weight excluding hydrogens is 266 g/mol. The molecule has 1 heteroatoms. The summed E-state index contributed by atoms with van der Waals surface area (Å²) in [4.78, 5) is 0. The van der Waals surface area contributed by atoms with Crippen LogP contribution in [-0.2, 0) is 7.05 Å². The normalized spacial score (nSPS) is 15.9. The van der Waals surface area contributed by atoms with Crippen LogP contribution in [0.25, 0.3) is 22.4 Å². The molecule has 110 valence electrons. The predicted molar refractivity (Wildman–Crippen MR) is 92.7 cm³/mol. The second-order valence-corrected chi connectivity index (χ2v) is 5.40. The van der Waals surface area contributed by atoms with Gasteiger partial charge in [-0.15, -0.1) is 0 Å². The zero-order chi connectivity index (χ0) is 20.7. The maximum Gasteiger partial charge on any atom is 0.212 e. The molecule has 0 bridgehead atoms. The minimum Gasteiger partial charge on any atom is -0.201 e. The van der Waals surface area contributed by atoms with E-state index in [1.807, 2.05) is 42.9 Å². The summed E-state index contributed by atoms with van der Waals surface area (Å²) in [6.45, 7) is -2.86. The number of hydrogen-bond donors (Lipinski definition) is 0. The Labute approximate surface area is 141 Å². The van der Waals surface area contributed by atoms with Gasteiger partial charge in [-0.2, -0.15) is 0 Å². The van der Waals surface area contributed by atoms with Crippen molar-refractivity contribution in [2.45, 2.75) is 20.6 Å². The number of pyridine rings is 1. The number of nitrogens with zero attached hydrogens (tertiary/aromatic N) is 1. The molecule has 0 unspecified atom stereocenters. The third-order valence-electron chi connectivity index (χ3n) is 3.99. The summed E-state index contributed by atoms with van der Waals surface area (Å²) in [5.74, 6) is 0. The Bertz CT molecular complexity index is 1020. The molecular formula is C21H22N+. The number of hydrogen-bond acceptors (Lipinski definition) is 0. The Morgan fingerprint density at radius 2 is 1.59 bits per heavy atom. The van der Waals surface area contributed by atoms with Crippen LogP contribution in [0.3, 0.4) is 0 Å². The maximum absolute atomic E-state index is 7.99. The summed E-state index contributed by atoms with van der Waals surface area (Å²) in [6, 6.07) is 15.8. The van der Waals surface area contributed by atoms with Crippen LogP contribution in [0.5, 0.6) is 0 Å². The Morgan fingerprint density at radius 3 is 2.36 bits per heavy atom. The number of rotatable bonds is 2. The Morgan fingerprint density at radius 1 is 0.818 bits per heavy atom. The van der Waals surface area contributed by atoms with Gasteiger partial charge in [0.05, 0.1) is 0 Å². The van der Waals surface area contributed by atoms with E-state index in [0.29, 0.717) is 11.1 Å². The lowest BCUT2D eigenvalue weighted by atomic mass is 9.89. The molecule has 1 heterocycles. The minimum atomic E-state index is -2.36. The molecule has 0 N–H and O–H groups in total. The Hall–Kier alpha value is -2.41. The molecule has 1 nitrogen and oxygen atoms in total. The maximum atomic E-state index is 7.99. The average molecular weight is 294 g/mol. The van der Waals surface area contributed by atoms with Crippen molar-refractivity contribution >= 4 is 0 Å². The van der Waals surface area contributed by atoms with E-state index in [1.54, 1.807) is 36.4 Å². The fraction of sp³-hybridized carbons (Fsp3) is 0.190. The minimum absolute atomic E-state index is 0.151. The summed E-state index contributed by atoms with van der Waals surface area (Å²) in [5.41, 5.74) is 3.74. The van der Waals surface area contributed by atoms with Crippen LogP contribution < -0.4 is 4.57 Å². The quantitative estimate of drug-likeness (QED) is 0.599. The first kappa shape index (κ1) is 8.89. The van der Waals surface area contributed by atoms with Crippen LogP contribution in [0.15, 0.2) is 60.8 Å². The predicted octanol–water partition coefficient (Wildman–Crippen LogP) is 4.77. The van der Waals surface area contributed by atoms with Crippen LogP contribution in [0.1, 0.15) is 24.9 Å². The molecule has 2 aromatic carbocycles. The molecule has 0 atom stereocenters. The molecule has 0 spiro atoms. The van der Waals surface area contributed by atoms with Gasteiger partial charge in [-0.1, -0.05) is 30.3 Å². The molecule has 0 amide bonds. The Kier molecular flexibility index (Phi) is 2.33. The van der Waals surface area contributed by atoms with Gasteiger partial charge in [-0.3, -0.25) is 0 Å². The van der Waals surface area contributed by atoms with Crippen molar-refractivity contribution in [3.63, 3.8) is 0 Å². The monoisotopic (exact) mass is 294 g/mol. The van der Waals surface area contributed by atoms with Crippen LogP contribution >= 0.6 is 0 Å². The van der Waals surface area contributed by atoms with Crippen molar-refractivity contribution in [3.8, 4) is 22.4 Å². The molecule has 0 aliphatic rings. The van der Waals surface area contributed by atoms with E-state index in [9.17, 15) is 0 Å². The van der Waals surface area contributed by atoms with Crippen molar-refractivity contribution in [2.24, 2.45) is 7.05 Å². The van der Waals surface area contributed by atoms with Gasteiger partial charge in [0.1, 0.15) is 7.05 Å². The van der Waals surface area contributed by atoms with Gasteiger partial charge in [-0.05, 0) is 60.6 Å². The number of benzene rings is 2. The van der Waals surface area contributed by atoms with Crippen LogP contribution in [0.2, 0.25) is 0 Å². The largest absolute Gasteiger partial charge is 0.212 e. The third kappa shape index (κ3) is 2.43. The van der Waals surface area contributed by atoms with Crippen molar-refractivity contribution in [2.75, 3.05) is 0 Å². The molecule has 0 fully saturated rings. The molecule has 0 aliphatic carbocycles. The molecule has 22 heavy (non-hydrogen) atoms. The standard InChI is InChI=1S/C21H22N/c1-15-9-5-6-10-18(15)21-16(2)12-13-19(17(21)3)20-11-7-8-14-22(20)4/h5-14H,1-4H3/q+1/i1D3,2D3. The lowest BCUT2D eigenvalue weighted by molar-refractivity contribution is -0.660. The van der Waals surface area contributed by atoms with E-state index in [1.165, 1.54) is 0 Å². The summed E-state index contributed by atoms with van der Waals surface area (Å²) in [5, 5.41) is 0. The molecule has 0 aliphatic heterocycles. The molecule has 0 saturated heterocycles. The van der Waals surface area contributed by atoms with Gasteiger partial charge >= 0.3 is 0 Å². The zero-order valence-electron chi connectivity index (χ0n) is 18.7. The van der Waals surface area contributed by atoms with Gasteiger partial charge in [-0.25, -0.2) is 4.57 Å². The average Bonchev–Trinajstić information content (AvgIpc) is 2.61. The highest BCUT2D eigenvalue weighted by Crippen LogP contribution is 2.34. The Balaban J connectivity index is 2.41. The fourth-order valence-electron chi connectivity index (χ4n) is 2.84. The highest BCUT2D eigenvalue weighted by atomic mass is 14.9. The molecule has 0 radical (unpaired) electrons. The van der Waals surface area contributed by atoms with Gasteiger partial charge in [0.2, 0.25) is 5.69 Å². The topological polar surface area (TPSA) is 3.88 Å². The highest BCUT2D eigenvalue weighted by Gasteiger charge is 2.16. The van der Waals surface area contributed by atoms with E-state index in [2.05, 4.69) is 0 Å². The van der Waals surface area contributed by atoms with Crippen LogP contribution in [0.4, 0.5) is 0 Å². The summed E-state index contributed by atoms with van der Waals surface area (Å²) in [7, 11) is 1.92. The third-order valence-corrected chi connectivity index (χ3v) is 3.99. The first-order valence-electron chi connectivity index (χ1n) is 10.2. The lowest BCUT2D eigenvalue weighted by Gasteiger charge is -2.15. The van der Waals surface area contributed by atoms with E-state index >= 15 is 0 Å². The van der Waals surface area contributed by atoms with Gasteiger partial charge < -0.3 is 0 Å². The SMILES string of the molecule is [2H]C([2H])([2H])c1ccccc1-c1c(C([2H])([2H])[2H])ccc(-c2cccc[n+]2C)c1C. The van der Waals surface area contributed by atoms with Gasteiger partial charge in [0.25, 0.3) is 0 Å². The summed E-state index contributed by atoms with van der Waals surface area (Å²) >= 11 is 0. The van der Waals surface area contributed by atoms with Crippen LogP contribution in [-0.4, -0.2) is 0 Å². The zero-order valence-corrected chi connectivity index (χ0v) is 12.7. The fourth-order valence-corrected chi connectivity index (χ4v) is 2.84. The first-order valence-corrected chi connectivity index (χ1v) is 7.21. The second-order valence-electron chi connectivity index (χ2n) is 5.40. The van der Waals surface area contributed by atoms with Crippen molar-refractivity contribution in [1.82, 2.24) is 0 Å². The molecule has 3 aromatic rings.